The van der Waals surface area contributed by atoms with E-state index in [-0.39, 0.29) is 0 Å². The Balaban J connectivity index is 1.87. The maximum absolute atomic E-state index is 11.2. The third-order valence-corrected chi connectivity index (χ3v) is 4.33. The zero-order valence-electron chi connectivity index (χ0n) is 11.4. The summed E-state index contributed by atoms with van der Waals surface area (Å²) in [5.41, 5.74) is 6.65. The minimum Gasteiger partial charge on any atom is -0.480 e. The van der Waals surface area contributed by atoms with Crippen LogP contribution >= 0.6 is 11.6 Å². The summed E-state index contributed by atoms with van der Waals surface area (Å²) in [6, 6.07) is 7.57. The van der Waals surface area contributed by atoms with Crippen LogP contribution < -0.4 is 5.73 Å². The molecular weight excluding hydrogens is 290 g/mol. The molecule has 5 nitrogen and oxygen atoms in total. The van der Waals surface area contributed by atoms with Crippen molar-refractivity contribution in [3.05, 3.63) is 41.0 Å². The monoisotopic (exact) mass is 305 g/mol. The molecule has 1 aliphatic rings. The lowest BCUT2D eigenvalue weighted by Crippen LogP contribution is -2.50. The number of nitrogens with two attached hydrogens (primary N) is 1. The number of hydrogen-bond donors (Lipinski definition) is 2. The van der Waals surface area contributed by atoms with E-state index in [9.17, 15) is 9.90 Å². The highest BCUT2D eigenvalue weighted by molar-refractivity contribution is 6.35. The van der Waals surface area contributed by atoms with Crippen LogP contribution in [0.3, 0.4) is 0 Å². The second-order valence-corrected chi connectivity index (χ2v) is 5.94. The van der Waals surface area contributed by atoms with E-state index in [0.717, 1.165) is 16.5 Å². The quantitative estimate of drug-likeness (QED) is 0.905. The Bertz CT molecular complexity index is 706. The molecule has 21 heavy (non-hydrogen) atoms. The maximum Gasteiger partial charge on any atom is 0.325 e. The summed E-state index contributed by atoms with van der Waals surface area (Å²) in [6.07, 6.45) is 2.19. The van der Waals surface area contributed by atoms with Crippen LogP contribution in [0, 0.1) is 0 Å². The van der Waals surface area contributed by atoms with Crippen molar-refractivity contribution < 1.29 is 9.90 Å². The topological polar surface area (TPSA) is 79.5 Å². The first kappa shape index (κ1) is 14.3. The molecular formula is C15H16ClN3O2. The highest BCUT2D eigenvalue weighted by Crippen LogP contribution is 2.27. The van der Waals surface area contributed by atoms with Gasteiger partial charge in [-0.05, 0) is 30.2 Å². The van der Waals surface area contributed by atoms with Crippen molar-refractivity contribution in [3.8, 4) is 0 Å². The van der Waals surface area contributed by atoms with Gasteiger partial charge in [0.05, 0.1) is 5.52 Å². The molecule has 2 heterocycles. The van der Waals surface area contributed by atoms with E-state index >= 15 is 0 Å². The van der Waals surface area contributed by atoms with Gasteiger partial charge >= 0.3 is 5.97 Å². The van der Waals surface area contributed by atoms with Gasteiger partial charge < -0.3 is 10.8 Å². The fourth-order valence-corrected chi connectivity index (χ4v) is 3.00. The lowest BCUT2D eigenvalue weighted by molar-refractivity contribution is -0.142. The van der Waals surface area contributed by atoms with Crippen LogP contribution in [0.25, 0.3) is 10.9 Å². The van der Waals surface area contributed by atoms with Crippen LogP contribution in [-0.4, -0.2) is 39.6 Å². The summed E-state index contributed by atoms with van der Waals surface area (Å²) < 4.78 is 0. The Labute approximate surface area is 127 Å². The third-order valence-electron chi connectivity index (χ3n) is 4.00. The van der Waals surface area contributed by atoms with Crippen LogP contribution in [0.4, 0.5) is 0 Å². The Morgan fingerprint density at radius 2 is 2.29 bits per heavy atom. The fourth-order valence-electron chi connectivity index (χ4n) is 2.79. The predicted molar refractivity (Wildman–Crippen MR) is 81.2 cm³/mol. The van der Waals surface area contributed by atoms with Gasteiger partial charge in [0.2, 0.25) is 0 Å². The Kier molecular flexibility index (Phi) is 3.57. The largest absolute Gasteiger partial charge is 0.480 e. The smallest absolute Gasteiger partial charge is 0.325 e. The molecule has 1 fully saturated rings. The van der Waals surface area contributed by atoms with Gasteiger partial charge in [-0.1, -0.05) is 17.7 Å². The first-order valence-electron chi connectivity index (χ1n) is 6.76. The van der Waals surface area contributed by atoms with Gasteiger partial charge in [-0.3, -0.25) is 14.7 Å². The molecule has 0 aliphatic carbocycles. The third kappa shape index (κ3) is 2.60. The van der Waals surface area contributed by atoms with Gasteiger partial charge in [0.25, 0.3) is 0 Å². The van der Waals surface area contributed by atoms with Gasteiger partial charge in [0, 0.05) is 36.2 Å². The molecule has 6 heteroatoms. The fraction of sp³-hybridized carbons (Fsp3) is 0.333. The number of halogens is 1. The number of aliphatic carboxylic acids is 1. The number of benzene rings is 1. The molecule has 0 saturated carbocycles. The zero-order valence-corrected chi connectivity index (χ0v) is 12.2. The molecule has 2 aromatic rings. The number of fused-ring (bicyclic) bond motifs is 1. The van der Waals surface area contributed by atoms with Crippen molar-refractivity contribution in [2.24, 2.45) is 5.73 Å². The van der Waals surface area contributed by atoms with Crippen molar-refractivity contribution in [3.63, 3.8) is 0 Å². The van der Waals surface area contributed by atoms with Crippen LogP contribution in [0.5, 0.6) is 0 Å². The lowest BCUT2D eigenvalue weighted by atomic mass is 10.0. The number of pyridine rings is 1. The predicted octanol–water partition coefficient (Wildman–Crippen LogP) is 1.88. The molecule has 1 unspecified atom stereocenters. The lowest BCUT2D eigenvalue weighted by Gasteiger charge is -2.20. The van der Waals surface area contributed by atoms with Gasteiger partial charge in [-0.25, -0.2) is 0 Å². The van der Waals surface area contributed by atoms with Gasteiger partial charge in [-0.2, -0.15) is 0 Å². The van der Waals surface area contributed by atoms with Crippen molar-refractivity contribution in [1.82, 2.24) is 9.88 Å². The first-order valence-corrected chi connectivity index (χ1v) is 7.14. The molecule has 1 aliphatic heterocycles. The van der Waals surface area contributed by atoms with Crippen LogP contribution in [-0.2, 0) is 11.3 Å². The maximum atomic E-state index is 11.2. The van der Waals surface area contributed by atoms with Crippen LogP contribution in [0.2, 0.25) is 5.02 Å². The Morgan fingerprint density at radius 3 is 3.00 bits per heavy atom. The van der Waals surface area contributed by atoms with E-state index in [1.54, 1.807) is 6.20 Å². The average Bonchev–Trinajstić information content (AvgIpc) is 2.85. The number of carboxylic acids is 1. The standard InChI is InChI=1S/C15H16ClN3O2/c16-12-4-3-10(13-11(12)2-1-6-18-13)8-19-7-5-15(17,9-19)14(20)21/h1-4,6H,5,7-9,17H2,(H,20,21). The van der Waals surface area contributed by atoms with Gasteiger partial charge in [0.1, 0.15) is 5.54 Å². The highest BCUT2D eigenvalue weighted by atomic mass is 35.5. The van der Waals surface area contributed by atoms with Crippen LogP contribution in [0.1, 0.15) is 12.0 Å². The molecule has 1 atom stereocenters. The molecule has 0 radical (unpaired) electrons. The minimum absolute atomic E-state index is 0.347. The van der Waals surface area contributed by atoms with E-state index in [1.165, 1.54) is 0 Å². The summed E-state index contributed by atoms with van der Waals surface area (Å²) in [7, 11) is 0. The molecule has 3 N–H and O–H groups in total. The second-order valence-electron chi connectivity index (χ2n) is 5.53. The number of likely N-dealkylation sites (tertiary alicyclic amines) is 1. The van der Waals surface area contributed by atoms with Crippen molar-refractivity contribution in [2.75, 3.05) is 13.1 Å². The number of carbonyl (C=O) groups is 1. The molecule has 1 aromatic heterocycles. The van der Waals surface area contributed by atoms with E-state index in [4.69, 9.17) is 17.3 Å². The molecule has 0 spiro atoms. The van der Waals surface area contributed by atoms with Crippen molar-refractivity contribution in [2.45, 2.75) is 18.5 Å². The van der Waals surface area contributed by atoms with E-state index in [2.05, 4.69) is 4.98 Å². The minimum atomic E-state index is -1.14. The summed E-state index contributed by atoms with van der Waals surface area (Å²) >= 11 is 6.18. The van der Waals surface area contributed by atoms with E-state index in [1.807, 2.05) is 29.2 Å². The summed E-state index contributed by atoms with van der Waals surface area (Å²) in [5, 5.41) is 10.8. The first-order chi connectivity index (χ1) is 9.99. The molecule has 3 rings (SSSR count). The van der Waals surface area contributed by atoms with Crippen molar-refractivity contribution in [1.29, 1.82) is 0 Å². The van der Waals surface area contributed by atoms with E-state index < -0.39 is 11.5 Å². The number of carboxylic acid groups (broad SMARTS) is 1. The van der Waals surface area contributed by atoms with Crippen LogP contribution in [0.15, 0.2) is 30.5 Å². The number of hydrogen-bond acceptors (Lipinski definition) is 4. The number of nitrogens with zero attached hydrogens (tertiary/aromatic N) is 2. The second kappa shape index (κ2) is 5.26. The summed E-state index contributed by atoms with van der Waals surface area (Å²) in [6.45, 7) is 1.63. The average molecular weight is 306 g/mol. The van der Waals surface area contributed by atoms with Gasteiger partial charge in [0.15, 0.2) is 0 Å². The van der Waals surface area contributed by atoms with Gasteiger partial charge in [-0.15, -0.1) is 0 Å². The molecule has 110 valence electrons. The Hall–Kier alpha value is -1.69. The summed E-state index contributed by atoms with van der Waals surface area (Å²) in [4.78, 5) is 17.6. The molecule has 0 amide bonds. The number of rotatable bonds is 3. The molecule has 1 aromatic carbocycles. The molecule has 1 saturated heterocycles. The zero-order chi connectivity index (χ0) is 15.0. The number of aromatic nitrogens is 1. The molecule has 0 bridgehead atoms. The highest BCUT2D eigenvalue weighted by Gasteiger charge is 2.41. The van der Waals surface area contributed by atoms with Crippen molar-refractivity contribution >= 4 is 28.5 Å². The summed E-state index contributed by atoms with van der Waals surface area (Å²) in [5.74, 6) is -0.941. The Morgan fingerprint density at radius 1 is 1.48 bits per heavy atom. The van der Waals surface area contributed by atoms with E-state index in [0.29, 0.717) is 31.1 Å². The normalized spacial score (nSPS) is 22.8. The SMILES string of the molecule is NC1(C(=O)O)CCN(Cc2ccc(Cl)c3cccnc23)C1.